The number of nitrogens with zero attached hydrogens (tertiary/aromatic N) is 1. The van der Waals surface area contributed by atoms with Gasteiger partial charge in [-0.25, -0.2) is 0 Å². The first-order chi connectivity index (χ1) is 5.29. The molecule has 0 amide bonds. The van der Waals surface area contributed by atoms with E-state index in [0.29, 0.717) is 0 Å². The molecule has 0 saturated carbocycles. The summed E-state index contributed by atoms with van der Waals surface area (Å²) in [5, 5.41) is 1.14. The Morgan fingerprint density at radius 2 is 2.00 bits per heavy atom. The molecule has 0 N–H and O–H groups in total. The maximum atomic E-state index is 5.98. The number of hydrogen-bond acceptors (Lipinski definition) is 1. The largest absolute Gasteiger partial charge is 1.00 e. The van der Waals surface area contributed by atoms with Gasteiger partial charge in [-0.3, -0.25) is 0 Å². The van der Waals surface area contributed by atoms with E-state index in [4.69, 9.17) is 11.6 Å². The molecule has 0 aliphatic carbocycles. The monoisotopic (exact) mass is 311 g/mol. The molecule has 1 aromatic heterocycles. The topological polar surface area (TPSA) is 3.88 Å². The summed E-state index contributed by atoms with van der Waals surface area (Å²) in [6, 6.07) is 8.12. The van der Waals surface area contributed by atoms with Crippen molar-refractivity contribution in [1.82, 2.24) is 0 Å². The van der Waals surface area contributed by atoms with Gasteiger partial charge < -0.3 is 24.0 Å². The first-order valence-corrected chi connectivity index (χ1v) is 4.48. The summed E-state index contributed by atoms with van der Waals surface area (Å²) in [6.07, 6.45) is 0. The fraction of sp³-hybridized carbons (Fsp3) is 0.125. The van der Waals surface area contributed by atoms with Crippen molar-refractivity contribution in [3.8, 4) is 0 Å². The van der Waals surface area contributed by atoms with Crippen molar-refractivity contribution in [1.29, 1.82) is 0 Å². The van der Waals surface area contributed by atoms with Gasteiger partial charge >= 0.3 is 0 Å². The Balaban J connectivity index is 0.000000720. The van der Waals surface area contributed by atoms with E-state index in [9.17, 15) is 0 Å². The lowest BCUT2D eigenvalue weighted by Gasteiger charge is -1.81. The number of hydrogen-bond donors (Lipinski definition) is 0. The molecule has 2 rings (SSSR count). The highest BCUT2D eigenvalue weighted by atomic mass is 127. The molecule has 0 spiro atoms. The van der Waals surface area contributed by atoms with Gasteiger partial charge in [0.2, 0.25) is 5.52 Å². The Morgan fingerprint density at radius 1 is 1.33 bits per heavy atom. The van der Waals surface area contributed by atoms with Crippen LogP contribution in [0.1, 0.15) is 0 Å². The minimum atomic E-state index is 0. The highest BCUT2D eigenvalue weighted by Gasteiger charge is 2.12. The van der Waals surface area contributed by atoms with Crippen LogP contribution in [0.2, 0.25) is 4.34 Å². The lowest BCUT2D eigenvalue weighted by atomic mass is 10.3. The molecule has 0 bridgehead atoms. The molecule has 2 aromatic rings. The van der Waals surface area contributed by atoms with Crippen molar-refractivity contribution in [3.63, 3.8) is 0 Å². The average molecular weight is 312 g/mol. The van der Waals surface area contributed by atoms with Crippen molar-refractivity contribution in [2.75, 3.05) is 0 Å². The predicted molar refractivity (Wildman–Crippen MR) is 48.0 cm³/mol. The molecule has 1 heterocycles. The zero-order chi connectivity index (χ0) is 7.84. The summed E-state index contributed by atoms with van der Waals surface area (Å²) in [4.78, 5) is 0. The smallest absolute Gasteiger partial charge is 0.228 e. The lowest BCUT2D eigenvalue weighted by molar-refractivity contribution is -0.573. The van der Waals surface area contributed by atoms with E-state index >= 15 is 0 Å². The van der Waals surface area contributed by atoms with Crippen LogP contribution in [-0.4, -0.2) is 0 Å². The van der Waals surface area contributed by atoms with Gasteiger partial charge in [0.1, 0.15) is 0 Å². The summed E-state index contributed by atoms with van der Waals surface area (Å²) in [5.74, 6) is 0. The maximum absolute atomic E-state index is 5.98. The quantitative estimate of drug-likeness (QED) is 0.451. The van der Waals surface area contributed by atoms with Gasteiger partial charge in [0.15, 0.2) is 22.9 Å². The molecule has 12 heavy (non-hydrogen) atoms. The molecule has 0 unspecified atom stereocenters. The first kappa shape index (κ1) is 10.2. The van der Waals surface area contributed by atoms with Crippen molar-refractivity contribution >= 4 is 34.0 Å². The second-order valence-electron chi connectivity index (χ2n) is 2.38. The molecule has 0 saturated heterocycles. The molecular weight excluding hydrogens is 305 g/mol. The molecule has 4 heteroatoms. The zero-order valence-electron chi connectivity index (χ0n) is 6.42. The molecule has 1 nitrogen and oxygen atoms in total. The second-order valence-corrected chi connectivity index (χ2v) is 4.12. The van der Waals surface area contributed by atoms with Crippen molar-refractivity contribution in [2.24, 2.45) is 7.05 Å². The lowest BCUT2D eigenvalue weighted by Crippen LogP contribution is -3.00. The fourth-order valence-corrected chi connectivity index (χ4v) is 2.37. The number of para-hydroxylation sites is 1. The number of rotatable bonds is 0. The second kappa shape index (κ2) is 3.89. The SMILES string of the molecule is C[n+]1sc(Cl)c2ccccc21.[I-]. The Morgan fingerprint density at radius 3 is 2.67 bits per heavy atom. The van der Waals surface area contributed by atoms with Crippen molar-refractivity contribution in [2.45, 2.75) is 0 Å². The highest BCUT2D eigenvalue weighted by molar-refractivity contribution is 7.08. The van der Waals surface area contributed by atoms with Crippen LogP contribution in [0.25, 0.3) is 10.9 Å². The normalized spacial score (nSPS) is 9.83. The van der Waals surface area contributed by atoms with E-state index in [-0.39, 0.29) is 24.0 Å². The molecule has 0 atom stereocenters. The Kier molecular flexibility index (Phi) is 3.31. The average Bonchev–Trinajstić information content (AvgIpc) is 2.30. The predicted octanol–water partition coefficient (Wildman–Crippen LogP) is -0.617. The molecule has 0 aliphatic heterocycles. The van der Waals surface area contributed by atoms with Gasteiger partial charge in [-0.05, 0) is 6.07 Å². The van der Waals surface area contributed by atoms with E-state index < -0.39 is 0 Å². The number of fused-ring (bicyclic) bond motifs is 1. The van der Waals surface area contributed by atoms with Gasteiger partial charge in [0, 0.05) is 6.07 Å². The highest BCUT2D eigenvalue weighted by Crippen LogP contribution is 2.24. The number of aryl methyl sites for hydroxylation is 1. The van der Waals surface area contributed by atoms with E-state index in [2.05, 4.69) is 10.0 Å². The van der Waals surface area contributed by atoms with Gasteiger partial charge in [-0.1, -0.05) is 23.7 Å². The van der Waals surface area contributed by atoms with Crippen LogP contribution in [0.3, 0.4) is 0 Å². The summed E-state index contributed by atoms with van der Waals surface area (Å²) >= 11 is 7.54. The molecule has 0 aliphatic rings. The first-order valence-electron chi connectivity index (χ1n) is 3.32. The van der Waals surface area contributed by atoms with Gasteiger partial charge in [-0.2, -0.15) is 0 Å². The molecule has 64 valence electrons. The summed E-state index contributed by atoms with van der Waals surface area (Å²) < 4.78 is 2.93. The summed E-state index contributed by atoms with van der Waals surface area (Å²) in [6.45, 7) is 0. The van der Waals surface area contributed by atoms with Crippen LogP contribution < -0.4 is 27.9 Å². The maximum Gasteiger partial charge on any atom is 0.228 e. The van der Waals surface area contributed by atoms with E-state index in [1.54, 1.807) is 11.5 Å². The molecule has 0 radical (unpaired) electrons. The third kappa shape index (κ3) is 1.58. The number of benzene rings is 1. The minimum absolute atomic E-state index is 0. The van der Waals surface area contributed by atoms with E-state index in [0.717, 1.165) is 9.72 Å². The van der Waals surface area contributed by atoms with E-state index in [1.807, 2.05) is 25.2 Å². The van der Waals surface area contributed by atoms with Gasteiger partial charge in [0.25, 0.3) is 0 Å². The van der Waals surface area contributed by atoms with Crippen LogP contribution in [0, 0.1) is 0 Å². The van der Waals surface area contributed by atoms with Crippen LogP contribution >= 0.6 is 23.1 Å². The fourth-order valence-electron chi connectivity index (χ4n) is 1.13. The van der Waals surface area contributed by atoms with Crippen molar-refractivity contribution < 1.29 is 27.9 Å². The van der Waals surface area contributed by atoms with Crippen LogP contribution in [0.5, 0.6) is 0 Å². The summed E-state index contributed by atoms with van der Waals surface area (Å²) in [7, 11) is 2.01. The third-order valence-corrected chi connectivity index (χ3v) is 2.93. The molecular formula is C8H7ClINS. The summed E-state index contributed by atoms with van der Waals surface area (Å²) in [5.41, 5.74) is 1.20. The molecule has 0 fully saturated rings. The number of aromatic nitrogens is 1. The van der Waals surface area contributed by atoms with Crippen molar-refractivity contribution in [3.05, 3.63) is 28.6 Å². The minimum Gasteiger partial charge on any atom is -1.00 e. The molecule has 1 aromatic carbocycles. The van der Waals surface area contributed by atoms with E-state index in [1.165, 1.54) is 5.52 Å². The Bertz CT molecular complexity index is 363. The Labute approximate surface area is 97.1 Å². The van der Waals surface area contributed by atoms with Crippen LogP contribution in [0.4, 0.5) is 0 Å². The van der Waals surface area contributed by atoms with Crippen LogP contribution in [-0.2, 0) is 7.05 Å². The zero-order valence-corrected chi connectivity index (χ0v) is 10.2. The number of halogens is 2. The Hall–Kier alpha value is 0.130. The van der Waals surface area contributed by atoms with Crippen LogP contribution in [0.15, 0.2) is 24.3 Å². The third-order valence-electron chi connectivity index (χ3n) is 1.67. The van der Waals surface area contributed by atoms with Gasteiger partial charge in [0.05, 0.1) is 5.39 Å². The van der Waals surface area contributed by atoms with Gasteiger partial charge in [-0.15, -0.1) is 3.96 Å². The standard InChI is InChI=1S/C8H7ClNS.HI/c1-10-7-5-3-2-4-6(7)8(9)11-10;/h2-5H,1H3;1H/q+1;/p-1.